The SMILES string of the molecule is CC1=NCC(C)(C)C1C(=O)O. The lowest BCUT2D eigenvalue weighted by molar-refractivity contribution is -0.141. The zero-order chi connectivity index (χ0) is 8.65. The number of hydrogen-bond acceptors (Lipinski definition) is 2. The van der Waals surface area contributed by atoms with Gasteiger partial charge in [0, 0.05) is 17.7 Å². The average molecular weight is 155 g/mol. The number of aliphatic carboxylic acids is 1. The molecule has 0 aromatic rings. The van der Waals surface area contributed by atoms with E-state index in [0.29, 0.717) is 6.54 Å². The maximum atomic E-state index is 10.7. The molecule has 0 spiro atoms. The zero-order valence-corrected chi connectivity index (χ0v) is 7.09. The minimum absolute atomic E-state index is 0.198. The molecule has 1 unspecified atom stereocenters. The molecule has 0 aliphatic carbocycles. The van der Waals surface area contributed by atoms with Gasteiger partial charge in [-0.2, -0.15) is 0 Å². The first-order valence-electron chi connectivity index (χ1n) is 3.69. The molecule has 3 heteroatoms. The first-order valence-corrected chi connectivity index (χ1v) is 3.69. The highest BCUT2D eigenvalue weighted by molar-refractivity contribution is 6.02. The first kappa shape index (κ1) is 8.24. The Morgan fingerprint density at radius 1 is 1.73 bits per heavy atom. The summed E-state index contributed by atoms with van der Waals surface area (Å²) in [6.45, 7) is 6.29. The van der Waals surface area contributed by atoms with Crippen LogP contribution in [0.5, 0.6) is 0 Å². The van der Waals surface area contributed by atoms with E-state index in [1.54, 1.807) is 6.92 Å². The molecule has 62 valence electrons. The van der Waals surface area contributed by atoms with Crippen LogP contribution >= 0.6 is 0 Å². The molecule has 1 aliphatic rings. The van der Waals surface area contributed by atoms with Gasteiger partial charge in [0.25, 0.3) is 0 Å². The number of carbonyl (C=O) groups is 1. The average Bonchev–Trinajstić information content (AvgIpc) is 2.06. The Labute approximate surface area is 66.1 Å². The van der Waals surface area contributed by atoms with Crippen LogP contribution in [-0.4, -0.2) is 23.3 Å². The number of carboxylic acid groups (broad SMARTS) is 1. The fourth-order valence-electron chi connectivity index (χ4n) is 1.59. The molecular weight excluding hydrogens is 142 g/mol. The summed E-state index contributed by atoms with van der Waals surface area (Å²) in [7, 11) is 0. The van der Waals surface area contributed by atoms with Gasteiger partial charge in [0.2, 0.25) is 0 Å². The van der Waals surface area contributed by atoms with Crippen LogP contribution in [0.15, 0.2) is 4.99 Å². The lowest BCUT2D eigenvalue weighted by Crippen LogP contribution is -2.32. The van der Waals surface area contributed by atoms with Crippen molar-refractivity contribution in [3.8, 4) is 0 Å². The van der Waals surface area contributed by atoms with Crippen LogP contribution in [0, 0.1) is 11.3 Å². The third-order valence-electron chi connectivity index (χ3n) is 2.18. The van der Waals surface area contributed by atoms with Crippen molar-refractivity contribution in [3.05, 3.63) is 0 Å². The lowest BCUT2D eigenvalue weighted by Gasteiger charge is -2.22. The Morgan fingerprint density at radius 3 is 2.45 bits per heavy atom. The molecule has 1 rings (SSSR count). The van der Waals surface area contributed by atoms with E-state index in [9.17, 15) is 4.79 Å². The molecule has 0 radical (unpaired) electrons. The van der Waals surface area contributed by atoms with Gasteiger partial charge in [-0.1, -0.05) is 13.8 Å². The van der Waals surface area contributed by atoms with Crippen molar-refractivity contribution in [1.82, 2.24) is 0 Å². The number of carboxylic acids is 1. The monoisotopic (exact) mass is 155 g/mol. The van der Waals surface area contributed by atoms with Gasteiger partial charge < -0.3 is 5.11 Å². The number of aliphatic imine (C=N–C) groups is 1. The van der Waals surface area contributed by atoms with Gasteiger partial charge >= 0.3 is 5.97 Å². The Bertz CT molecular complexity index is 218. The number of nitrogens with zero attached hydrogens (tertiary/aromatic N) is 1. The molecule has 1 N–H and O–H groups in total. The summed E-state index contributed by atoms with van der Waals surface area (Å²) in [6.07, 6.45) is 0. The molecule has 1 heterocycles. The highest BCUT2D eigenvalue weighted by Crippen LogP contribution is 2.33. The van der Waals surface area contributed by atoms with Crippen LogP contribution in [0.3, 0.4) is 0 Å². The van der Waals surface area contributed by atoms with E-state index in [2.05, 4.69) is 4.99 Å². The van der Waals surface area contributed by atoms with E-state index in [4.69, 9.17) is 5.11 Å². The van der Waals surface area contributed by atoms with Crippen molar-refractivity contribution in [2.45, 2.75) is 20.8 Å². The fourth-order valence-corrected chi connectivity index (χ4v) is 1.59. The lowest BCUT2D eigenvalue weighted by atomic mass is 9.79. The standard InChI is InChI=1S/C8H13NO2/c1-5-6(7(10)11)8(2,3)4-9-5/h6H,4H2,1-3H3,(H,10,11). The van der Waals surface area contributed by atoms with Gasteiger partial charge in [-0.25, -0.2) is 0 Å². The highest BCUT2D eigenvalue weighted by atomic mass is 16.4. The highest BCUT2D eigenvalue weighted by Gasteiger charge is 2.41. The Kier molecular flexibility index (Phi) is 1.74. The first-order chi connectivity index (χ1) is 4.95. The molecular formula is C8H13NO2. The van der Waals surface area contributed by atoms with Gasteiger partial charge in [0.1, 0.15) is 5.92 Å². The zero-order valence-electron chi connectivity index (χ0n) is 7.09. The maximum Gasteiger partial charge on any atom is 0.312 e. The van der Waals surface area contributed by atoms with E-state index >= 15 is 0 Å². The minimum Gasteiger partial charge on any atom is -0.481 e. The van der Waals surface area contributed by atoms with Gasteiger partial charge in [-0.3, -0.25) is 9.79 Å². The van der Waals surface area contributed by atoms with Crippen LogP contribution < -0.4 is 0 Å². The number of hydrogen-bond donors (Lipinski definition) is 1. The topological polar surface area (TPSA) is 49.7 Å². The van der Waals surface area contributed by atoms with E-state index in [0.717, 1.165) is 5.71 Å². The van der Waals surface area contributed by atoms with Crippen LogP contribution in [0.2, 0.25) is 0 Å². The third-order valence-corrected chi connectivity index (χ3v) is 2.18. The summed E-state index contributed by atoms with van der Waals surface area (Å²) in [4.78, 5) is 14.9. The van der Waals surface area contributed by atoms with Crippen molar-refractivity contribution >= 4 is 11.7 Å². The Hall–Kier alpha value is -0.860. The summed E-state index contributed by atoms with van der Waals surface area (Å²) in [5.41, 5.74) is 0.554. The second-order valence-corrected chi connectivity index (χ2v) is 3.72. The summed E-state index contributed by atoms with van der Waals surface area (Å²) in [5.74, 6) is -1.14. The van der Waals surface area contributed by atoms with Crippen molar-refractivity contribution in [2.24, 2.45) is 16.3 Å². The molecule has 0 bridgehead atoms. The largest absolute Gasteiger partial charge is 0.481 e. The Morgan fingerprint density at radius 2 is 2.27 bits per heavy atom. The molecule has 0 aromatic carbocycles. The van der Waals surface area contributed by atoms with E-state index in [1.807, 2.05) is 13.8 Å². The second-order valence-electron chi connectivity index (χ2n) is 3.72. The van der Waals surface area contributed by atoms with Crippen LogP contribution in [0.4, 0.5) is 0 Å². The summed E-state index contributed by atoms with van der Waals surface area (Å²) < 4.78 is 0. The third kappa shape index (κ3) is 1.27. The smallest absolute Gasteiger partial charge is 0.312 e. The molecule has 0 saturated heterocycles. The molecule has 0 amide bonds. The van der Waals surface area contributed by atoms with E-state index < -0.39 is 5.97 Å². The predicted octanol–water partition coefficient (Wildman–Crippen LogP) is 1.19. The van der Waals surface area contributed by atoms with Crippen molar-refractivity contribution in [2.75, 3.05) is 6.54 Å². The summed E-state index contributed by atoms with van der Waals surface area (Å²) in [5, 5.41) is 8.84. The number of rotatable bonds is 1. The molecule has 0 aromatic heterocycles. The minimum atomic E-state index is -0.756. The molecule has 1 aliphatic heterocycles. The van der Waals surface area contributed by atoms with Crippen molar-refractivity contribution in [1.29, 1.82) is 0 Å². The van der Waals surface area contributed by atoms with Gasteiger partial charge in [-0.15, -0.1) is 0 Å². The van der Waals surface area contributed by atoms with Crippen LogP contribution in [-0.2, 0) is 4.79 Å². The molecule has 11 heavy (non-hydrogen) atoms. The van der Waals surface area contributed by atoms with Crippen molar-refractivity contribution in [3.63, 3.8) is 0 Å². The van der Waals surface area contributed by atoms with E-state index in [-0.39, 0.29) is 11.3 Å². The molecule has 3 nitrogen and oxygen atoms in total. The summed E-state index contributed by atoms with van der Waals surface area (Å²) >= 11 is 0. The van der Waals surface area contributed by atoms with Crippen molar-refractivity contribution < 1.29 is 9.90 Å². The van der Waals surface area contributed by atoms with Crippen LogP contribution in [0.25, 0.3) is 0 Å². The normalized spacial score (nSPS) is 28.3. The van der Waals surface area contributed by atoms with Gasteiger partial charge in [0.15, 0.2) is 0 Å². The predicted molar refractivity (Wildman–Crippen MR) is 42.9 cm³/mol. The molecule has 0 fully saturated rings. The molecule has 0 saturated carbocycles. The quantitative estimate of drug-likeness (QED) is 0.618. The second kappa shape index (κ2) is 2.32. The van der Waals surface area contributed by atoms with Crippen LogP contribution in [0.1, 0.15) is 20.8 Å². The Balaban J connectivity index is 2.90. The van der Waals surface area contributed by atoms with Gasteiger partial charge in [-0.05, 0) is 6.92 Å². The fraction of sp³-hybridized carbons (Fsp3) is 0.750. The van der Waals surface area contributed by atoms with Gasteiger partial charge in [0.05, 0.1) is 0 Å². The van der Waals surface area contributed by atoms with E-state index in [1.165, 1.54) is 0 Å². The molecule has 1 atom stereocenters. The maximum absolute atomic E-state index is 10.7. The summed E-state index contributed by atoms with van der Waals surface area (Å²) in [6, 6.07) is 0.